The van der Waals surface area contributed by atoms with Crippen LogP contribution in [0.4, 0.5) is 0 Å². The first-order valence-corrected chi connectivity index (χ1v) is 18.2. The fourth-order valence-electron chi connectivity index (χ4n) is 8.50. The maximum absolute atomic E-state index is 5.35. The van der Waals surface area contributed by atoms with Crippen LogP contribution < -0.4 is 0 Å². The highest BCUT2D eigenvalue weighted by atomic mass is 32.1. The van der Waals surface area contributed by atoms with Gasteiger partial charge in [0.2, 0.25) is 5.95 Å². The standard InChI is InChI=1S/C46H30N4S/c1-46(2)37-26-39-36(25-35(37)32-24-23-27-13-6-7-16-29(27)41(32)46)30-17-8-10-21-38(30)50(39)45-48-43(28-14-4-3-5-15-28)47-44(49-45)34-20-12-19-33-31-18-9-11-22-40(31)51-42(33)34/h3-26H,1-2H3. The summed E-state index contributed by atoms with van der Waals surface area (Å²) in [6.07, 6.45) is 0. The number of hydrogen-bond donors (Lipinski definition) is 0. The van der Waals surface area contributed by atoms with Gasteiger partial charge < -0.3 is 0 Å². The van der Waals surface area contributed by atoms with Crippen molar-refractivity contribution in [3.63, 3.8) is 0 Å². The first-order valence-electron chi connectivity index (χ1n) is 17.4. The van der Waals surface area contributed by atoms with Crippen LogP contribution in [0.5, 0.6) is 0 Å². The predicted octanol–water partition coefficient (Wildman–Crippen LogP) is 12.1. The summed E-state index contributed by atoms with van der Waals surface area (Å²) >= 11 is 1.79. The second kappa shape index (κ2) is 10.4. The molecule has 10 aromatic rings. The van der Waals surface area contributed by atoms with E-state index in [4.69, 9.17) is 15.0 Å². The van der Waals surface area contributed by atoms with Crippen molar-refractivity contribution in [3.05, 3.63) is 157 Å². The monoisotopic (exact) mass is 670 g/mol. The molecule has 3 heterocycles. The molecule has 7 aromatic carbocycles. The number of rotatable bonds is 3. The van der Waals surface area contributed by atoms with Crippen molar-refractivity contribution < 1.29 is 0 Å². The predicted molar refractivity (Wildman–Crippen MR) is 213 cm³/mol. The van der Waals surface area contributed by atoms with E-state index >= 15 is 0 Å². The summed E-state index contributed by atoms with van der Waals surface area (Å²) in [4.78, 5) is 15.8. The van der Waals surface area contributed by atoms with Gasteiger partial charge in [0.1, 0.15) is 0 Å². The number of nitrogens with zero attached hydrogens (tertiary/aromatic N) is 4. The van der Waals surface area contributed by atoms with Crippen LogP contribution in [0, 0.1) is 0 Å². The fraction of sp³-hybridized carbons (Fsp3) is 0.0652. The second-order valence-corrected chi connectivity index (χ2v) is 15.1. The van der Waals surface area contributed by atoms with Crippen molar-refractivity contribution in [2.75, 3.05) is 0 Å². The lowest BCUT2D eigenvalue weighted by Crippen LogP contribution is -2.15. The molecule has 0 amide bonds. The Morgan fingerprint density at radius 3 is 2.12 bits per heavy atom. The van der Waals surface area contributed by atoms with Crippen LogP contribution in [-0.4, -0.2) is 19.5 Å². The Morgan fingerprint density at radius 1 is 0.510 bits per heavy atom. The Hall–Kier alpha value is -6.17. The third-order valence-corrected chi connectivity index (χ3v) is 12.1. The van der Waals surface area contributed by atoms with Crippen molar-refractivity contribution in [1.29, 1.82) is 0 Å². The molecule has 0 saturated heterocycles. The molecule has 0 atom stereocenters. The lowest BCUT2D eigenvalue weighted by atomic mass is 9.80. The molecule has 0 saturated carbocycles. The van der Waals surface area contributed by atoms with Crippen molar-refractivity contribution in [2.45, 2.75) is 19.3 Å². The summed E-state index contributed by atoms with van der Waals surface area (Å²) in [6, 6.07) is 52.1. The van der Waals surface area contributed by atoms with Gasteiger partial charge in [-0.15, -0.1) is 11.3 Å². The average Bonchev–Trinajstić information content (AvgIpc) is 3.79. The first kappa shape index (κ1) is 28.6. The maximum Gasteiger partial charge on any atom is 0.238 e. The van der Waals surface area contributed by atoms with Crippen LogP contribution in [0.25, 0.3) is 92.6 Å². The third kappa shape index (κ3) is 4.04. The highest BCUT2D eigenvalue weighted by Crippen LogP contribution is 2.53. The average molecular weight is 671 g/mol. The van der Waals surface area contributed by atoms with Crippen LogP contribution in [0.1, 0.15) is 25.0 Å². The van der Waals surface area contributed by atoms with Crippen LogP contribution >= 0.6 is 11.3 Å². The molecule has 0 unspecified atom stereocenters. The lowest BCUT2D eigenvalue weighted by Gasteiger charge is -2.23. The van der Waals surface area contributed by atoms with Gasteiger partial charge in [0.25, 0.3) is 0 Å². The molecule has 51 heavy (non-hydrogen) atoms. The van der Waals surface area contributed by atoms with Crippen LogP contribution in [-0.2, 0) is 5.41 Å². The van der Waals surface area contributed by atoms with Crippen molar-refractivity contribution in [2.24, 2.45) is 0 Å². The highest BCUT2D eigenvalue weighted by Gasteiger charge is 2.38. The number of benzene rings is 7. The van der Waals surface area contributed by atoms with Gasteiger partial charge in [-0.05, 0) is 63.4 Å². The highest BCUT2D eigenvalue weighted by molar-refractivity contribution is 7.26. The molecule has 0 N–H and O–H groups in total. The summed E-state index contributed by atoms with van der Waals surface area (Å²) in [5, 5.41) is 7.44. The van der Waals surface area contributed by atoms with Gasteiger partial charge in [-0.1, -0.05) is 129 Å². The summed E-state index contributed by atoms with van der Waals surface area (Å²) in [5.41, 5.74) is 9.27. The molecule has 0 fully saturated rings. The molecular formula is C46H30N4S. The van der Waals surface area contributed by atoms with E-state index < -0.39 is 0 Å². The van der Waals surface area contributed by atoms with Gasteiger partial charge in [0, 0.05) is 47.5 Å². The van der Waals surface area contributed by atoms with Gasteiger partial charge in [0.15, 0.2) is 11.6 Å². The molecule has 1 aliphatic rings. The maximum atomic E-state index is 5.35. The molecule has 3 aromatic heterocycles. The van der Waals surface area contributed by atoms with E-state index in [0.29, 0.717) is 17.6 Å². The topological polar surface area (TPSA) is 43.6 Å². The molecule has 5 heteroatoms. The fourth-order valence-corrected chi connectivity index (χ4v) is 9.71. The van der Waals surface area contributed by atoms with Gasteiger partial charge in [-0.3, -0.25) is 4.57 Å². The summed E-state index contributed by atoms with van der Waals surface area (Å²) < 4.78 is 4.69. The zero-order valence-electron chi connectivity index (χ0n) is 28.1. The van der Waals surface area contributed by atoms with E-state index in [1.165, 1.54) is 64.0 Å². The normalized spacial score (nSPS) is 13.5. The van der Waals surface area contributed by atoms with E-state index in [0.717, 1.165) is 22.2 Å². The zero-order chi connectivity index (χ0) is 33.8. The number of aromatic nitrogens is 4. The van der Waals surface area contributed by atoms with Crippen molar-refractivity contribution >= 4 is 64.1 Å². The van der Waals surface area contributed by atoms with Crippen molar-refractivity contribution in [3.8, 4) is 39.9 Å². The Bertz CT molecular complexity index is 3060. The summed E-state index contributed by atoms with van der Waals surface area (Å²) in [7, 11) is 0. The molecule has 11 rings (SSSR count). The Labute approximate surface area is 298 Å². The number of thiophene rings is 1. The number of para-hydroxylation sites is 1. The van der Waals surface area contributed by atoms with Gasteiger partial charge in [0.05, 0.1) is 11.0 Å². The molecule has 4 nitrogen and oxygen atoms in total. The smallest absolute Gasteiger partial charge is 0.238 e. The van der Waals surface area contributed by atoms with E-state index in [1.807, 2.05) is 18.2 Å². The summed E-state index contributed by atoms with van der Waals surface area (Å²) in [6.45, 7) is 4.73. The quantitative estimate of drug-likeness (QED) is 0.188. The molecule has 0 radical (unpaired) electrons. The molecule has 0 spiro atoms. The number of fused-ring (bicyclic) bond motifs is 11. The number of hydrogen-bond acceptors (Lipinski definition) is 4. The minimum absolute atomic E-state index is 0.197. The summed E-state index contributed by atoms with van der Waals surface area (Å²) in [5.74, 6) is 1.93. The first-order chi connectivity index (χ1) is 25.0. The second-order valence-electron chi connectivity index (χ2n) is 14.0. The van der Waals surface area contributed by atoms with Crippen LogP contribution in [0.2, 0.25) is 0 Å². The van der Waals surface area contributed by atoms with Gasteiger partial charge >= 0.3 is 0 Å². The zero-order valence-corrected chi connectivity index (χ0v) is 28.9. The third-order valence-electron chi connectivity index (χ3n) is 10.8. The van der Waals surface area contributed by atoms with Crippen molar-refractivity contribution in [1.82, 2.24) is 19.5 Å². The largest absolute Gasteiger partial charge is 0.278 e. The SMILES string of the molecule is CC1(C)c2cc3c(cc2-c2ccc4ccccc4c21)c1ccccc1n3-c1nc(-c2ccccc2)nc(-c2cccc3c2sc2ccccc23)n1. The van der Waals surface area contributed by atoms with Gasteiger partial charge in [-0.2, -0.15) is 9.97 Å². The minimum atomic E-state index is -0.197. The molecule has 240 valence electrons. The molecule has 0 aliphatic heterocycles. The van der Waals surface area contributed by atoms with E-state index in [1.54, 1.807) is 11.3 Å². The van der Waals surface area contributed by atoms with Crippen LogP contribution in [0.15, 0.2) is 146 Å². The van der Waals surface area contributed by atoms with E-state index in [-0.39, 0.29) is 5.41 Å². The minimum Gasteiger partial charge on any atom is -0.278 e. The van der Waals surface area contributed by atoms with Crippen LogP contribution in [0.3, 0.4) is 0 Å². The lowest BCUT2D eigenvalue weighted by molar-refractivity contribution is 0.667. The van der Waals surface area contributed by atoms with E-state index in [9.17, 15) is 0 Å². The van der Waals surface area contributed by atoms with E-state index in [2.05, 4.69) is 146 Å². The molecular weight excluding hydrogens is 641 g/mol. The molecule has 0 bridgehead atoms. The Balaban J connectivity index is 1.21. The Morgan fingerprint density at radius 2 is 1.24 bits per heavy atom. The Kier molecular flexibility index (Phi) is 5.85. The van der Waals surface area contributed by atoms with Gasteiger partial charge in [-0.25, -0.2) is 4.98 Å². The molecule has 1 aliphatic carbocycles.